The normalized spacial score (nSPS) is 13.5. The van der Waals surface area contributed by atoms with Gasteiger partial charge in [0.05, 0.1) is 6.10 Å². The van der Waals surface area contributed by atoms with E-state index in [1.807, 2.05) is 13.8 Å². The molecule has 0 aromatic carbocycles. The molecule has 3 N–H and O–H groups in total. The molecular formula is C16H35N3O2. The molecular weight excluding hydrogens is 266 g/mol. The summed E-state index contributed by atoms with van der Waals surface area (Å²) in [5.74, 6) is 1.33. The average Bonchev–Trinajstić information content (AvgIpc) is 2.44. The quantitative estimate of drug-likeness (QED) is 0.294. The second-order valence-electron chi connectivity index (χ2n) is 5.59. The molecule has 1 unspecified atom stereocenters. The number of guanidine groups is 1. The molecule has 0 saturated carbocycles. The van der Waals surface area contributed by atoms with E-state index in [0.717, 1.165) is 57.9 Å². The minimum Gasteiger partial charge on any atom is -0.396 e. The van der Waals surface area contributed by atoms with Gasteiger partial charge < -0.3 is 20.5 Å². The van der Waals surface area contributed by atoms with Crippen LogP contribution < -0.4 is 10.6 Å². The summed E-state index contributed by atoms with van der Waals surface area (Å²) in [6.45, 7) is 11.8. The Bertz CT molecular complexity index is 252. The summed E-state index contributed by atoms with van der Waals surface area (Å²) in [4.78, 5) is 4.63. The van der Waals surface area contributed by atoms with E-state index in [1.54, 1.807) is 0 Å². The molecule has 5 nitrogen and oxygen atoms in total. The van der Waals surface area contributed by atoms with Crippen molar-refractivity contribution in [1.82, 2.24) is 10.6 Å². The number of nitrogens with zero attached hydrogens (tertiary/aromatic N) is 1. The van der Waals surface area contributed by atoms with E-state index in [1.165, 1.54) is 0 Å². The van der Waals surface area contributed by atoms with Crippen LogP contribution in [0.4, 0.5) is 0 Å². The fourth-order valence-electron chi connectivity index (χ4n) is 2.08. The minimum atomic E-state index is 0.247. The molecule has 0 aliphatic heterocycles. The Kier molecular flexibility index (Phi) is 13.6. The Morgan fingerprint density at radius 3 is 2.52 bits per heavy atom. The first-order valence-corrected chi connectivity index (χ1v) is 8.38. The Labute approximate surface area is 130 Å². The first kappa shape index (κ1) is 20.2. The maximum absolute atomic E-state index is 9.08. The van der Waals surface area contributed by atoms with Crippen molar-refractivity contribution in [2.24, 2.45) is 10.9 Å². The molecule has 0 bridgehead atoms. The van der Waals surface area contributed by atoms with Gasteiger partial charge in [0.2, 0.25) is 0 Å². The van der Waals surface area contributed by atoms with Crippen molar-refractivity contribution in [2.45, 2.75) is 59.5 Å². The maximum atomic E-state index is 9.08. The molecule has 1 atom stereocenters. The number of nitrogens with one attached hydrogen (secondary N) is 2. The SMILES string of the molecule is CCCC(CCO)CN=C(NCC)NCCCOC(C)C. The molecule has 0 radical (unpaired) electrons. The number of aliphatic hydroxyl groups is 1. The van der Waals surface area contributed by atoms with E-state index < -0.39 is 0 Å². The first-order chi connectivity index (χ1) is 10.1. The Morgan fingerprint density at radius 2 is 1.95 bits per heavy atom. The monoisotopic (exact) mass is 301 g/mol. The summed E-state index contributed by atoms with van der Waals surface area (Å²) in [7, 11) is 0. The highest BCUT2D eigenvalue weighted by molar-refractivity contribution is 5.79. The average molecular weight is 301 g/mol. The van der Waals surface area contributed by atoms with Crippen LogP contribution in [0.3, 0.4) is 0 Å². The second-order valence-corrected chi connectivity index (χ2v) is 5.59. The first-order valence-electron chi connectivity index (χ1n) is 8.38. The van der Waals surface area contributed by atoms with Crippen molar-refractivity contribution in [3.8, 4) is 0 Å². The van der Waals surface area contributed by atoms with Gasteiger partial charge in [-0.15, -0.1) is 0 Å². The minimum absolute atomic E-state index is 0.247. The Morgan fingerprint density at radius 1 is 1.19 bits per heavy atom. The topological polar surface area (TPSA) is 65.9 Å². The summed E-state index contributed by atoms with van der Waals surface area (Å²) in [6.07, 6.45) is 4.35. The fraction of sp³-hybridized carbons (Fsp3) is 0.938. The highest BCUT2D eigenvalue weighted by Gasteiger charge is 2.07. The number of hydrogen-bond donors (Lipinski definition) is 3. The third-order valence-electron chi connectivity index (χ3n) is 3.15. The van der Waals surface area contributed by atoms with Crippen molar-refractivity contribution in [2.75, 3.05) is 32.8 Å². The van der Waals surface area contributed by atoms with Crippen LogP contribution in [0, 0.1) is 5.92 Å². The third kappa shape index (κ3) is 12.6. The lowest BCUT2D eigenvalue weighted by Crippen LogP contribution is -2.38. The van der Waals surface area contributed by atoms with Crippen LogP contribution in [-0.4, -0.2) is 50.0 Å². The van der Waals surface area contributed by atoms with E-state index in [0.29, 0.717) is 12.0 Å². The molecule has 5 heteroatoms. The standard InChI is InChI=1S/C16H35N3O2/c1-5-8-15(9-11-20)13-19-16(17-6-2)18-10-7-12-21-14(3)4/h14-15,20H,5-13H2,1-4H3,(H2,17,18,19). The Balaban J connectivity index is 4.09. The van der Waals surface area contributed by atoms with Gasteiger partial charge in [-0.05, 0) is 46.0 Å². The van der Waals surface area contributed by atoms with Gasteiger partial charge in [-0.3, -0.25) is 4.99 Å². The lowest BCUT2D eigenvalue weighted by Gasteiger charge is -2.15. The molecule has 0 aliphatic rings. The van der Waals surface area contributed by atoms with Crippen molar-refractivity contribution in [1.29, 1.82) is 0 Å². The van der Waals surface area contributed by atoms with E-state index >= 15 is 0 Å². The predicted octanol–water partition coefficient (Wildman–Crippen LogP) is 2.16. The number of rotatable bonds is 12. The number of aliphatic hydroxyl groups excluding tert-OH is 1. The zero-order valence-corrected chi connectivity index (χ0v) is 14.3. The van der Waals surface area contributed by atoms with E-state index in [-0.39, 0.29) is 6.61 Å². The fourth-order valence-corrected chi connectivity index (χ4v) is 2.08. The molecule has 0 aromatic heterocycles. The molecule has 0 aromatic rings. The van der Waals surface area contributed by atoms with Gasteiger partial charge in [-0.25, -0.2) is 0 Å². The molecule has 0 saturated heterocycles. The highest BCUT2D eigenvalue weighted by atomic mass is 16.5. The molecule has 0 spiro atoms. The Hall–Kier alpha value is -0.810. The van der Waals surface area contributed by atoms with Gasteiger partial charge in [0, 0.05) is 32.8 Å². The summed E-state index contributed by atoms with van der Waals surface area (Å²) in [6, 6.07) is 0. The van der Waals surface area contributed by atoms with Gasteiger partial charge in [0.25, 0.3) is 0 Å². The molecule has 0 rings (SSSR count). The molecule has 21 heavy (non-hydrogen) atoms. The lowest BCUT2D eigenvalue weighted by atomic mass is 10.0. The van der Waals surface area contributed by atoms with Gasteiger partial charge in [-0.1, -0.05) is 13.3 Å². The zero-order chi connectivity index (χ0) is 15.9. The highest BCUT2D eigenvalue weighted by Crippen LogP contribution is 2.10. The second kappa shape index (κ2) is 14.1. The largest absolute Gasteiger partial charge is 0.396 e. The van der Waals surface area contributed by atoms with E-state index in [9.17, 15) is 0 Å². The van der Waals surface area contributed by atoms with Gasteiger partial charge in [-0.2, -0.15) is 0 Å². The van der Waals surface area contributed by atoms with Gasteiger partial charge in [0.1, 0.15) is 0 Å². The summed E-state index contributed by atoms with van der Waals surface area (Å²) < 4.78 is 5.52. The van der Waals surface area contributed by atoms with Gasteiger partial charge >= 0.3 is 0 Å². The van der Waals surface area contributed by atoms with Crippen LogP contribution in [0.5, 0.6) is 0 Å². The van der Waals surface area contributed by atoms with Crippen molar-refractivity contribution in [3.63, 3.8) is 0 Å². The van der Waals surface area contributed by atoms with Crippen LogP contribution in [0.25, 0.3) is 0 Å². The molecule has 0 aliphatic carbocycles. The predicted molar refractivity (Wildman–Crippen MR) is 89.8 cm³/mol. The maximum Gasteiger partial charge on any atom is 0.191 e. The summed E-state index contributed by atoms with van der Waals surface area (Å²) in [5, 5.41) is 15.7. The van der Waals surface area contributed by atoms with E-state index in [2.05, 4.69) is 29.5 Å². The van der Waals surface area contributed by atoms with Crippen LogP contribution in [0.1, 0.15) is 53.4 Å². The third-order valence-corrected chi connectivity index (χ3v) is 3.15. The van der Waals surface area contributed by atoms with Crippen LogP contribution in [0.15, 0.2) is 4.99 Å². The van der Waals surface area contributed by atoms with Crippen molar-refractivity contribution < 1.29 is 9.84 Å². The van der Waals surface area contributed by atoms with E-state index in [4.69, 9.17) is 9.84 Å². The molecule has 126 valence electrons. The number of ether oxygens (including phenoxy) is 1. The van der Waals surface area contributed by atoms with Crippen molar-refractivity contribution >= 4 is 5.96 Å². The lowest BCUT2D eigenvalue weighted by molar-refractivity contribution is 0.0776. The smallest absolute Gasteiger partial charge is 0.191 e. The molecule has 0 fully saturated rings. The van der Waals surface area contributed by atoms with Crippen molar-refractivity contribution in [3.05, 3.63) is 0 Å². The number of aliphatic imine (C=N–C) groups is 1. The van der Waals surface area contributed by atoms with Crippen LogP contribution >= 0.6 is 0 Å². The summed E-state index contributed by atoms with van der Waals surface area (Å²) in [5.41, 5.74) is 0. The summed E-state index contributed by atoms with van der Waals surface area (Å²) >= 11 is 0. The van der Waals surface area contributed by atoms with Crippen LogP contribution in [0.2, 0.25) is 0 Å². The number of hydrogen-bond acceptors (Lipinski definition) is 3. The molecule has 0 heterocycles. The zero-order valence-electron chi connectivity index (χ0n) is 14.3. The van der Waals surface area contributed by atoms with Gasteiger partial charge in [0.15, 0.2) is 5.96 Å². The molecule has 0 amide bonds. The van der Waals surface area contributed by atoms with Crippen LogP contribution in [-0.2, 0) is 4.74 Å².